The Morgan fingerprint density at radius 1 is 0.894 bits per heavy atom. The predicted molar refractivity (Wildman–Crippen MR) is 198 cm³/mol. The van der Waals surface area contributed by atoms with Crippen LogP contribution in [0.1, 0.15) is 39.2 Å². The van der Waals surface area contributed by atoms with Crippen LogP contribution in [-0.2, 0) is 16.0 Å². The zero-order valence-corrected chi connectivity index (χ0v) is 29.9. The summed E-state index contributed by atoms with van der Waals surface area (Å²) >= 11 is 7.27. The topological polar surface area (TPSA) is 91.4 Å². The number of hydrogen-bond donors (Lipinski definition) is 2. The molecule has 1 amide bonds. The van der Waals surface area contributed by atoms with Gasteiger partial charge in [-0.1, -0.05) is 97.6 Å². The number of aromatic nitrogens is 2. The number of hydrogen-bond acceptors (Lipinski definition) is 5. The van der Waals surface area contributed by atoms with E-state index in [0.29, 0.717) is 51.6 Å². The molecule has 0 bridgehead atoms. The number of rotatable bonds is 14. The van der Waals surface area contributed by atoms with Crippen LogP contribution >= 0.6 is 31.9 Å². The molecule has 0 unspecified atom stereocenters. The molecule has 244 valence electrons. The first kappa shape index (κ1) is 34.7. The molecule has 47 heavy (non-hydrogen) atoms. The first-order valence-corrected chi connectivity index (χ1v) is 17.3. The van der Waals surface area contributed by atoms with Gasteiger partial charge in [-0.25, -0.2) is 4.98 Å². The zero-order chi connectivity index (χ0) is 33.2. The van der Waals surface area contributed by atoms with Crippen molar-refractivity contribution in [2.24, 2.45) is 5.73 Å². The molecule has 1 aliphatic rings. The zero-order valence-electron chi connectivity index (χ0n) is 26.8. The molecule has 0 atom stereocenters. The van der Waals surface area contributed by atoms with Gasteiger partial charge < -0.3 is 25.1 Å². The smallest absolute Gasteiger partial charge is 0.251 e. The number of nitrogens with two attached hydrogens (primary N) is 1. The SMILES string of the molecule is Cc1cc(C)cc(-c2nc(-c3ccc(Br)cc3)c(C3=CC=C(Br)CC=C3)n2Cc2ccc(C(=O)NCCOCCOCCN)cc2)c1. The Balaban J connectivity index is 1.47. The summed E-state index contributed by atoms with van der Waals surface area (Å²) in [7, 11) is 0. The van der Waals surface area contributed by atoms with Crippen molar-refractivity contribution in [3.63, 3.8) is 0 Å². The summed E-state index contributed by atoms with van der Waals surface area (Å²) in [5.74, 6) is 0.754. The minimum Gasteiger partial charge on any atom is -0.378 e. The van der Waals surface area contributed by atoms with E-state index in [1.807, 2.05) is 24.3 Å². The second kappa shape index (κ2) is 17.0. The third-order valence-corrected chi connectivity index (χ3v) is 8.73. The molecule has 3 N–H and O–H groups in total. The Hall–Kier alpha value is -3.60. The van der Waals surface area contributed by atoms with Crippen LogP contribution < -0.4 is 11.1 Å². The highest BCUT2D eigenvalue weighted by molar-refractivity contribution is 9.11. The molecule has 7 nitrogen and oxygen atoms in total. The summed E-state index contributed by atoms with van der Waals surface area (Å²) in [6.45, 7) is 7.60. The maximum Gasteiger partial charge on any atom is 0.251 e. The van der Waals surface area contributed by atoms with Crippen LogP contribution in [-0.4, -0.2) is 55.0 Å². The first-order chi connectivity index (χ1) is 22.8. The maximum atomic E-state index is 12.8. The second-order valence-corrected chi connectivity index (χ2v) is 13.3. The maximum absolute atomic E-state index is 12.8. The van der Waals surface area contributed by atoms with Gasteiger partial charge in [0.2, 0.25) is 0 Å². The Labute approximate surface area is 293 Å². The van der Waals surface area contributed by atoms with Crippen LogP contribution in [0.4, 0.5) is 0 Å². The van der Waals surface area contributed by atoms with E-state index in [1.54, 1.807) is 0 Å². The fourth-order valence-electron chi connectivity index (χ4n) is 5.48. The highest BCUT2D eigenvalue weighted by Gasteiger charge is 2.23. The molecule has 1 aliphatic carbocycles. The van der Waals surface area contributed by atoms with Crippen LogP contribution in [0.15, 0.2) is 100.0 Å². The number of imidazole rings is 1. The number of benzene rings is 3. The molecule has 9 heteroatoms. The van der Waals surface area contributed by atoms with Gasteiger partial charge in [0.05, 0.1) is 37.8 Å². The molecule has 3 aromatic carbocycles. The summed E-state index contributed by atoms with van der Waals surface area (Å²) in [6.07, 6.45) is 9.44. The number of nitrogens with zero attached hydrogens (tertiary/aromatic N) is 2. The van der Waals surface area contributed by atoms with Crippen LogP contribution in [0.25, 0.3) is 28.2 Å². The van der Waals surface area contributed by atoms with Crippen LogP contribution in [0, 0.1) is 13.8 Å². The lowest BCUT2D eigenvalue weighted by Crippen LogP contribution is -2.27. The van der Waals surface area contributed by atoms with E-state index in [9.17, 15) is 4.79 Å². The fourth-order valence-corrected chi connectivity index (χ4v) is 6.06. The first-order valence-electron chi connectivity index (χ1n) is 15.7. The molecule has 0 saturated carbocycles. The van der Waals surface area contributed by atoms with Crippen molar-refractivity contribution in [1.29, 1.82) is 0 Å². The lowest BCUT2D eigenvalue weighted by Gasteiger charge is -2.15. The van der Waals surface area contributed by atoms with E-state index in [-0.39, 0.29) is 5.91 Å². The second-order valence-electron chi connectivity index (χ2n) is 11.4. The predicted octanol–water partition coefficient (Wildman–Crippen LogP) is 7.99. The number of allylic oxidation sites excluding steroid dienone is 6. The third-order valence-electron chi connectivity index (χ3n) is 7.62. The van der Waals surface area contributed by atoms with Crippen molar-refractivity contribution in [3.8, 4) is 22.6 Å². The Bertz CT molecular complexity index is 1750. The molecule has 0 saturated heterocycles. The molecule has 1 aromatic heterocycles. The molecule has 1 heterocycles. The molecule has 4 aromatic rings. The van der Waals surface area contributed by atoms with Crippen molar-refractivity contribution in [2.45, 2.75) is 26.8 Å². The Morgan fingerprint density at radius 3 is 2.30 bits per heavy atom. The summed E-state index contributed by atoms with van der Waals surface area (Å²) in [4.78, 5) is 18.2. The number of carbonyl (C=O) groups excluding carboxylic acids is 1. The number of carbonyl (C=O) groups is 1. The molecular weight excluding hydrogens is 720 g/mol. The average molecular weight is 761 g/mol. The normalized spacial score (nSPS) is 12.9. The van der Waals surface area contributed by atoms with E-state index >= 15 is 0 Å². The van der Waals surface area contributed by atoms with E-state index in [0.717, 1.165) is 54.9 Å². The molecule has 0 aliphatic heterocycles. The summed E-state index contributed by atoms with van der Waals surface area (Å²) in [6, 6.07) is 22.7. The summed E-state index contributed by atoms with van der Waals surface area (Å²) in [5, 5.41) is 2.93. The van der Waals surface area contributed by atoms with Crippen LogP contribution in [0.3, 0.4) is 0 Å². The third kappa shape index (κ3) is 9.49. The highest BCUT2D eigenvalue weighted by atomic mass is 79.9. The van der Waals surface area contributed by atoms with E-state index in [2.05, 4.69) is 122 Å². The number of ether oxygens (including phenoxy) is 2. The Morgan fingerprint density at radius 2 is 1.60 bits per heavy atom. The fraction of sp³-hybridized carbons (Fsp3) is 0.263. The lowest BCUT2D eigenvalue weighted by atomic mass is 10.0. The summed E-state index contributed by atoms with van der Waals surface area (Å²) in [5.41, 5.74) is 14.6. The van der Waals surface area contributed by atoms with Gasteiger partial charge in [-0.05, 0) is 66.7 Å². The van der Waals surface area contributed by atoms with Crippen molar-refractivity contribution < 1.29 is 14.3 Å². The number of aryl methyl sites for hydroxylation is 2. The highest BCUT2D eigenvalue weighted by Crippen LogP contribution is 2.37. The standard InChI is InChI=1S/C38H40Br2N4O3/c1-26-22-27(2)24-32(23-26)37-43-35(29-10-13-34(40)14-11-29)36(30-4-3-5-33(39)15-12-30)44(37)25-28-6-8-31(9-7-28)38(45)42-17-19-47-21-20-46-18-16-41/h3-4,6-15,22-24H,5,16-21,25,41H2,1-2H3,(H,42,45). The molecule has 0 spiro atoms. The van der Waals surface area contributed by atoms with Crippen molar-refractivity contribution >= 4 is 43.3 Å². The summed E-state index contributed by atoms with van der Waals surface area (Å²) < 4.78 is 15.3. The average Bonchev–Trinajstić information content (AvgIpc) is 3.28. The monoisotopic (exact) mass is 758 g/mol. The van der Waals surface area contributed by atoms with Crippen LogP contribution in [0.5, 0.6) is 0 Å². The van der Waals surface area contributed by atoms with E-state index < -0.39 is 0 Å². The van der Waals surface area contributed by atoms with Crippen LogP contribution in [0.2, 0.25) is 0 Å². The lowest BCUT2D eigenvalue weighted by molar-refractivity contribution is 0.0511. The van der Waals surface area contributed by atoms with Gasteiger partial charge >= 0.3 is 0 Å². The largest absolute Gasteiger partial charge is 0.378 e. The van der Waals surface area contributed by atoms with Gasteiger partial charge in [-0.3, -0.25) is 4.79 Å². The number of nitrogens with one attached hydrogen (secondary N) is 1. The quantitative estimate of drug-likeness (QED) is 0.127. The minimum atomic E-state index is -0.137. The van der Waals surface area contributed by atoms with Gasteiger partial charge in [-0.2, -0.15) is 0 Å². The van der Waals surface area contributed by atoms with E-state index in [1.165, 1.54) is 11.1 Å². The van der Waals surface area contributed by atoms with Gasteiger partial charge in [0.25, 0.3) is 5.91 Å². The van der Waals surface area contributed by atoms with Crippen molar-refractivity contribution in [3.05, 3.63) is 128 Å². The number of halogens is 2. The van der Waals surface area contributed by atoms with Gasteiger partial charge in [0.15, 0.2) is 0 Å². The molecule has 0 fully saturated rings. The molecule has 5 rings (SSSR count). The molecular formula is C38H40Br2N4O3. The van der Waals surface area contributed by atoms with Gasteiger partial charge in [-0.15, -0.1) is 0 Å². The number of amides is 1. The molecule has 0 radical (unpaired) electrons. The van der Waals surface area contributed by atoms with Gasteiger partial charge in [0, 0.05) is 46.4 Å². The van der Waals surface area contributed by atoms with Crippen molar-refractivity contribution in [1.82, 2.24) is 14.9 Å². The van der Waals surface area contributed by atoms with E-state index in [4.69, 9.17) is 20.2 Å². The Kier molecular flexibility index (Phi) is 12.6. The van der Waals surface area contributed by atoms with Crippen molar-refractivity contribution in [2.75, 3.05) is 39.5 Å². The minimum absolute atomic E-state index is 0.137. The van der Waals surface area contributed by atoms with Gasteiger partial charge in [0.1, 0.15) is 5.82 Å².